The van der Waals surface area contributed by atoms with Gasteiger partial charge in [-0.05, 0) is 76.1 Å². The summed E-state index contributed by atoms with van der Waals surface area (Å²) in [6.45, 7) is 4.99. The highest BCUT2D eigenvalue weighted by atomic mass is 32.1. The maximum Gasteiger partial charge on any atom is 0.326 e. The first-order valence-corrected chi connectivity index (χ1v) is 20.4. The molecule has 0 radical (unpaired) electrons. The summed E-state index contributed by atoms with van der Waals surface area (Å²) in [7, 11) is 4.07. The standard InChI is InChI=1S/C39H64N8O10S/c1-44-19-20-45(2)26-31(47(28-36(53)54)24-23-46(22-21-44)27-35(51)52)25-29-11-13-30(14-12-29)42-39(58)41-17-7-5-3-4-6-9-32(48)15-16-33(37(55)56)43-38(57)40-18-8-10-34(49)50/h11-14,31,33H,3-10,15-28H2,1-2H3,(H,49,50)(H,51,52)(H,53,54)(H,55,56)(H2,40,43,57)(H2,41,42,58)/t31?,33-/m0/s1. The van der Waals surface area contributed by atoms with Gasteiger partial charge in [-0.3, -0.25) is 29.0 Å². The van der Waals surface area contributed by atoms with E-state index in [1.165, 1.54) is 0 Å². The number of anilines is 1. The molecular weight excluding hydrogens is 773 g/mol. The highest BCUT2D eigenvalue weighted by Gasteiger charge is 2.25. The number of urea groups is 1. The number of thiocarbonyl (C=S) groups is 1. The van der Waals surface area contributed by atoms with Gasteiger partial charge in [-0.25, -0.2) is 9.59 Å². The molecule has 0 aliphatic carbocycles. The molecule has 8 N–H and O–H groups in total. The molecule has 1 fully saturated rings. The molecule has 1 heterocycles. The van der Waals surface area contributed by atoms with Gasteiger partial charge in [-0.15, -0.1) is 0 Å². The molecule has 1 unspecified atom stereocenters. The molecule has 0 bridgehead atoms. The van der Waals surface area contributed by atoms with Crippen LogP contribution in [0.25, 0.3) is 0 Å². The van der Waals surface area contributed by atoms with E-state index >= 15 is 0 Å². The first-order chi connectivity index (χ1) is 27.6. The second kappa shape index (κ2) is 28.1. The summed E-state index contributed by atoms with van der Waals surface area (Å²) >= 11 is 5.49. The number of unbranched alkanes of at least 4 members (excludes halogenated alkanes) is 4. The minimum atomic E-state index is -1.24. The molecule has 326 valence electrons. The first kappa shape index (κ1) is 49.7. The maximum atomic E-state index is 12.3. The van der Waals surface area contributed by atoms with Crippen molar-refractivity contribution in [3.05, 3.63) is 29.8 Å². The lowest BCUT2D eigenvalue weighted by Gasteiger charge is -2.36. The fourth-order valence-electron chi connectivity index (χ4n) is 6.51. The number of hydrogen-bond acceptors (Lipinski definition) is 11. The fraction of sp³-hybridized carbons (Fsp3) is 0.667. The molecular formula is C39H64N8O10S. The van der Waals surface area contributed by atoms with Crippen molar-refractivity contribution in [2.45, 2.75) is 82.7 Å². The largest absolute Gasteiger partial charge is 0.481 e. The van der Waals surface area contributed by atoms with Gasteiger partial charge in [0.2, 0.25) is 0 Å². The van der Waals surface area contributed by atoms with Crippen molar-refractivity contribution in [3.8, 4) is 0 Å². The summed E-state index contributed by atoms with van der Waals surface area (Å²) in [6, 6.07) is 5.85. The van der Waals surface area contributed by atoms with Crippen LogP contribution in [0, 0.1) is 0 Å². The molecule has 1 aliphatic rings. The van der Waals surface area contributed by atoms with Crippen LogP contribution in [0.2, 0.25) is 0 Å². The van der Waals surface area contributed by atoms with Crippen molar-refractivity contribution in [2.24, 2.45) is 0 Å². The topological polar surface area (TPSA) is 244 Å². The van der Waals surface area contributed by atoms with E-state index in [0.29, 0.717) is 57.1 Å². The Hall–Kier alpha value is -4.43. The Morgan fingerprint density at radius 2 is 1.33 bits per heavy atom. The molecule has 2 amide bonds. The number of likely N-dealkylation sites (N-methyl/N-ethyl adjacent to an activating group) is 2. The number of rotatable bonds is 24. The highest BCUT2D eigenvalue weighted by molar-refractivity contribution is 7.80. The van der Waals surface area contributed by atoms with E-state index in [9.17, 15) is 44.1 Å². The lowest BCUT2D eigenvalue weighted by atomic mass is 10.0. The Kier molecular flexibility index (Phi) is 24.1. The molecule has 1 aromatic rings. The van der Waals surface area contributed by atoms with Crippen LogP contribution in [-0.2, 0) is 30.4 Å². The van der Waals surface area contributed by atoms with Gasteiger partial charge in [0.05, 0.1) is 13.1 Å². The zero-order chi connectivity index (χ0) is 42.9. The third-order valence-corrected chi connectivity index (χ3v) is 10.1. The number of Topliss-reactive ketones (excluding diaryl/α,β-unsaturated/α-hetero) is 1. The number of carboxylic acid groups (broad SMARTS) is 4. The molecule has 0 aromatic heterocycles. The van der Waals surface area contributed by atoms with E-state index in [1.54, 1.807) is 0 Å². The van der Waals surface area contributed by atoms with E-state index in [2.05, 4.69) is 31.1 Å². The quantitative estimate of drug-likeness (QED) is 0.0547. The minimum Gasteiger partial charge on any atom is -0.481 e. The van der Waals surface area contributed by atoms with Crippen LogP contribution in [0.5, 0.6) is 0 Å². The number of ketones is 1. The Balaban J connectivity index is 1.73. The molecule has 1 aliphatic heterocycles. The van der Waals surface area contributed by atoms with Crippen LogP contribution >= 0.6 is 12.2 Å². The van der Waals surface area contributed by atoms with Gasteiger partial charge < -0.3 is 51.5 Å². The second-order valence-electron chi connectivity index (χ2n) is 14.9. The average Bonchev–Trinajstić information content (AvgIpc) is 3.15. The van der Waals surface area contributed by atoms with Gasteiger partial charge in [0, 0.05) is 89.9 Å². The summed E-state index contributed by atoms with van der Waals surface area (Å²) in [6.07, 6.45) is 5.36. The van der Waals surface area contributed by atoms with Gasteiger partial charge in [-0.2, -0.15) is 0 Å². The molecule has 58 heavy (non-hydrogen) atoms. The fourth-order valence-corrected chi connectivity index (χ4v) is 6.73. The number of nitrogens with zero attached hydrogens (tertiary/aromatic N) is 4. The van der Waals surface area contributed by atoms with E-state index in [-0.39, 0.29) is 57.1 Å². The number of carboxylic acids is 4. The van der Waals surface area contributed by atoms with Crippen LogP contribution in [-0.4, -0.2) is 179 Å². The lowest BCUT2D eigenvalue weighted by Crippen LogP contribution is -2.51. The number of aliphatic carboxylic acids is 4. The number of hydrogen-bond donors (Lipinski definition) is 8. The molecule has 19 heteroatoms. The molecule has 0 saturated carbocycles. The number of nitrogens with one attached hydrogen (secondary N) is 4. The highest BCUT2D eigenvalue weighted by Crippen LogP contribution is 2.16. The lowest BCUT2D eigenvalue weighted by molar-refractivity contribution is -0.140. The van der Waals surface area contributed by atoms with E-state index in [0.717, 1.165) is 56.6 Å². The summed E-state index contributed by atoms with van der Waals surface area (Å²) in [5.74, 6) is -4.13. The van der Waals surface area contributed by atoms with Crippen LogP contribution in [0.15, 0.2) is 24.3 Å². The van der Waals surface area contributed by atoms with Crippen LogP contribution in [0.3, 0.4) is 0 Å². The van der Waals surface area contributed by atoms with Crippen LogP contribution in [0.1, 0.15) is 69.8 Å². The molecule has 1 aromatic carbocycles. The van der Waals surface area contributed by atoms with Crippen molar-refractivity contribution >= 4 is 58.7 Å². The monoisotopic (exact) mass is 836 g/mol. The van der Waals surface area contributed by atoms with Crippen molar-refractivity contribution in [2.75, 3.05) is 91.4 Å². The Labute approximate surface area is 346 Å². The molecule has 0 spiro atoms. The van der Waals surface area contributed by atoms with Crippen LogP contribution in [0.4, 0.5) is 10.5 Å². The minimum absolute atomic E-state index is 0.0255. The normalized spacial score (nSPS) is 16.9. The first-order valence-electron chi connectivity index (χ1n) is 20.0. The van der Waals surface area contributed by atoms with Crippen molar-refractivity contribution in [1.82, 2.24) is 35.6 Å². The summed E-state index contributed by atoms with van der Waals surface area (Å²) < 4.78 is 0. The second-order valence-corrected chi connectivity index (χ2v) is 15.3. The summed E-state index contributed by atoms with van der Waals surface area (Å²) in [5.41, 5.74) is 1.86. The zero-order valence-corrected chi connectivity index (χ0v) is 34.8. The van der Waals surface area contributed by atoms with Gasteiger partial charge in [0.25, 0.3) is 0 Å². The number of benzene rings is 1. The van der Waals surface area contributed by atoms with E-state index in [1.807, 2.05) is 48.2 Å². The predicted octanol–water partition coefficient (Wildman–Crippen LogP) is 1.84. The third kappa shape index (κ3) is 23.1. The third-order valence-electron chi connectivity index (χ3n) is 9.87. The number of carbonyl (C=O) groups excluding carboxylic acids is 2. The summed E-state index contributed by atoms with van der Waals surface area (Å²) in [4.78, 5) is 77.9. The number of carbonyl (C=O) groups is 6. The van der Waals surface area contributed by atoms with Crippen molar-refractivity contribution < 1.29 is 49.2 Å². The zero-order valence-electron chi connectivity index (χ0n) is 34.0. The van der Waals surface area contributed by atoms with Gasteiger partial charge in [-0.1, -0.05) is 31.4 Å². The summed E-state index contributed by atoms with van der Waals surface area (Å²) in [5, 5.41) is 48.9. The Bertz CT molecular complexity index is 1470. The molecule has 18 nitrogen and oxygen atoms in total. The predicted molar refractivity (Wildman–Crippen MR) is 223 cm³/mol. The van der Waals surface area contributed by atoms with E-state index in [4.69, 9.17) is 17.3 Å². The maximum absolute atomic E-state index is 12.3. The molecule has 2 atom stereocenters. The Morgan fingerprint density at radius 3 is 2.00 bits per heavy atom. The smallest absolute Gasteiger partial charge is 0.326 e. The SMILES string of the molecule is CN1CCN(C)CC(Cc2ccc(NC(=S)NCCCCCCCC(=O)CC[C@H](NC(=O)NCCCC(=O)O)C(=O)O)cc2)N(CC(=O)O)CCN(CC(=O)O)CC1. The van der Waals surface area contributed by atoms with Gasteiger partial charge in [0.1, 0.15) is 11.8 Å². The van der Waals surface area contributed by atoms with Crippen LogP contribution < -0.4 is 21.3 Å². The Morgan fingerprint density at radius 1 is 0.707 bits per heavy atom. The van der Waals surface area contributed by atoms with E-state index < -0.39 is 36.0 Å². The van der Waals surface area contributed by atoms with Gasteiger partial charge >= 0.3 is 29.9 Å². The van der Waals surface area contributed by atoms with Gasteiger partial charge in [0.15, 0.2) is 5.11 Å². The molecule has 1 saturated heterocycles. The van der Waals surface area contributed by atoms with Crippen molar-refractivity contribution in [3.63, 3.8) is 0 Å². The average molecular weight is 837 g/mol. The molecule has 2 rings (SSSR count). The number of amides is 2. The van der Waals surface area contributed by atoms with Crippen molar-refractivity contribution in [1.29, 1.82) is 0 Å².